The summed E-state index contributed by atoms with van der Waals surface area (Å²) in [5, 5.41) is 15.8. The molecule has 4 aliphatic rings. The number of carboxylic acids is 1. The van der Waals surface area contributed by atoms with Crippen LogP contribution >= 0.6 is 15.9 Å². The Morgan fingerprint density at radius 1 is 0.830 bits per heavy atom. The smallest absolute Gasteiger partial charge is 0.305 e. The number of benzene rings is 4. The van der Waals surface area contributed by atoms with Gasteiger partial charge in [-0.05, 0) is 104 Å². The summed E-state index contributed by atoms with van der Waals surface area (Å²) >= 11 is 3.47. The van der Waals surface area contributed by atoms with Crippen molar-refractivity contribution >= 4 is 39.4 Å². The second-order valence-corrected chi connectivity index (χ2v) is 14.4. The normalized spacial score (nSPS) is 23.1. The average Bonchev–Trinajstić information content (AvgIpc) is 3.05. The number of aliphatic carboxylic acids is 1. The molecular weight excluding hydrogens is 656 g/mol. The van der Waals surface area contributed by atoms with Crippen LogP contribution in [0.2, 0.25) is 0 Å². The first kappa shape index (κ1) is 31.2. The number of hydrogen-bond donors (Lipinski definition) is 3. The molecule has 0 heterocycles. The van der Waals surface area contributed by atoms with Crippen LogP contribution in [0.25, 0.3) is 11.1 Å². The molecule has 2 amide bonds. The number of nitrogens with one attached hydrogen (secondary N) is 2. The molecule has 0 aliphatic heterocycles. The molecular formula is C39H37BrN2O5. The van der Waals surface area contributed by atoms with Gasteiger partial charge in [-0.2, -0.15) is 0 Å². The second kappa shape index (κ2) is 13.0. The largest absolute Gasteiger partial charge is 0.481 e. The molecule has 4 bridgehead atoms. The highest BCUT2D eigenvalue weighted by Crippen LogP contribution is 2.60. The van der Waals surface area contributed by atoms with E-state index in [9.17, 15) is 19.5 Å². The van der Waals surface area contributed by atoms with Gasteiger partial charge in [0.15, 0.2) is 0 Å². The number of halogens is 1. The molecule has 4 aliphatic carbocycles. The first-order valence-corrected chi connectivity index (χ1v) is 17.1. The third-order valence-electron chi connectivity index (χ3n) is 10.2. The summed E-state index contributed by atoms with van der Waals surface area (Å²) in [4.78, 5) is 39.6. The molecule has 1 atom stereocenters. The van der Waals surface area contributed by atoms with Gasteiger partial charge in [-0.25, -0.2) is 0 Å². The van der Waals surface area contributed by atoms with Gasteiger partial charge < -0.3 is 20.5 Å². The van der Waals surface area contributed by atoms with Gasteiger partial charge in [0.1, 0.15) is 11.5 Å². The fourth-order valence-electron chi connectivity index (χ4n) is 8.42. The van der Waals surface area contributed by atoms with Gasteiger partial charge in [-0.3, -0.25) is 14.4 Å². The molecule has 8 rings (SSSR count). The second-order valence-electron chi connectivity index (χ2n) is 13.5. The molecule has 0 spiro atoms. The molecule has 47 heavy (non-hydrogen) atoms. The Hall–Kier alpha value is -4.43. The summed E-state index contributed by atoms with van der Waals surface area (Å²) < 4.78 is 6.83. The van der Waals surface area contributed by atoms with E-state index in [-0.39, 0.29) is 23.3 Å². The van der Waals surface area contributed by atoms with Crippen molar-refractivity contribution in [3.8, 4) is 22.6 Å². The lowest BCUT2D eigenvalue weighted by Crippen LogP contribution is -2.51. The molecule has 7 nitrogen and oxygen atoms in total. The van der Waals surface area contributed by atoms with E-state index in [0.717, 1.165) is 36.1 Å². The highest BCUT2D eigenvalue weighted by molar-refractivity contribution is 9.10. The maximum absolute atomic E-state index is 13.8. The van der Waals surface area contributed by atoms with E-state index in [1.165, 1.54) is 19.3 Å². The fourth-order valence-corrected chi connectivity index (χ4v) is 8.79. The Labute approximate surface area is 282 Å². The van der Waals surface area contributed by atoms with Crippen molar-refractivity contribution in [2.45, 2.75) is 51.0 Å². The number of carboxylic acid groups (broad SMARTS) is 1. The highest BCUT2D eigenvalue weighted by Gasteiger charge is 2.54. The van der Waals surface area contributed by atoms with Gasteiger partial charge in [0.25, 0.3) is 5.91 Å². The number of rotatable bonds is 10. The van der Waals surface area contributed by atoms with E-state index >= 15 is 0 Å². The zero-order valence-corrected chi connectivity index (χ0v) is 27.5. The number of carbonyl (C=O) groups excluding carboxylic acids is 2. The average molecular weight is 694 g/mol. The molecule has 8 heteroatoms. The summed E-state index contributed by atoms with van der Waals surface area (Å²) in [5.41, 5.74) is 2.79. The predicted octanol–water partition coefficient (Wildman–Crippen LogP) is 9.01. The molecule has 1 unspecified atom stereocenters. The van der Waals surface area contributed by atoms with Crippen LogP contribution in [0.15, 0.2) is 102 Å². The molecule has 4 fully saturated rings. The van der Waals surface area contributed by atoms with Gasteiger partial charge in [0.2, 0.25) is 5.91 Å². The summed E-state index contributed by atoms with van der Waals surface area (Å²) in [6, 6.07) is 29.2. The zero-order chi connectivity index (χ0) is 32.5. The Kier molecular flexibility index (Phi) is 8.62. The lowest BCUT2D eigenvalue weighted by Gasteiger charge is -2.55. The maximum Gasteiger partial charge on any atom is 0.305 e. The van der Waals surface area contributed by atoms with Gasteiger partial charge in [0, 0.05) is 10.0 Å². The summed E-state index contributed by atoms with van der Waals surface area (Å²) in [7, 11) is 0. The first-order chi connectivity index (χ1) is 22.7. The fraction of sp³-hybridized carbons (Fsp3) is 0.308. The SMILES string of the molecule is O=C(O)CC(NC(=O)c1cc(Br)ccc1NC(=O)C12CC3CC(CC(C3)C1)C2)c1ccc(-c2ccccc2Oc2ccccc2)cc1. The molecule has 240 valence electrons. The molecule has 4 aromatic carbocycles. The van der Waals surface area contributed by atoms with Crippen LogP contribution in [0, 0.1) is 23.2 Å². The van der Waals surface area contributed by atoms with Crippen molar-refractivity contribution in [1.82, 2.24) is 5.32 Å². The monoisotopic (exact) mass is 692 g/mol. The molecule has 3 N–H and O–H groups in total. The minimum absolute atomic E-state index is 0.00201. The van der Waals surface area contributed by atoms with E-state index in [0.29, 0.717) is 39.2 Å². The standard InChI is InChI=1S/C39H37BrN2O5/c40-29-14-15-33(42-38(46)39-21-24-16-25(22-39)18-26(17-24)23-39)32(19-29)37(45)41-34(20-36(43)44)28-12-10-27(11-13-28)31-8-4-5-9-35(31)47-30-6-2-1-3-7-30/h1-15,19,24-26,34H,16-18,20-23H2,(H,41,45)(H,42,46)(H,43,44). The maximum atomic E-state index is 13.8. The molecule has 4 saturated carbocycles. The van der Waals surface area contributed by atoms with Crippen LogP contribution in [0.4, 0.5) is 5.69 Å². The van der Waals surface area contributed by atoms with Gasteiger partial charge >= 0.3 is 5.97 Å². The summed E-state index contributed by atoms with van der Waals surface area (Å²) in [6.45, 7) is 0. The van der Waals surface area contributed by atoms with Crippen LogP contribution in [0.3, 0.4) is 0 Å². The van der Waals surface area contributed by atoms with E-state index in [4.69, 9.17) is 4.74 Å². The number of ether oxygens (including phenoxy) is 1. The van der Waals surface area contributed by atoms with E-state index in [2.05, 4.69) is 26.6 Å². The summed E-state index contributed by atoms with van der Waals surface area (Å²) in [6.07, 6.45) is 6.16. The minimum atomic E-state index is -1.04. The predicted molar refractivity (Wildman–Crippen MR) is 184 cm³/mol. The third kappa shape index (κ3) is 6.70. The number of carbonyl (C=O) groups is 3. The van der Waals surface area contributed by atoms with Gasteiger partial charge in [-0.1, -0.05) is 76.6 Å². The topological polar surface area (TPSA) is 105 Å². The lowest BCUT2D eigenvalue weighted by atomic mass is 9.49. The Morgan fingerprint density at radius 2 is 1.47 bits per heavy atom. The van der Waals surface area contributed by atoms with Crippen LogP contribution < -0.4 is 15.4 Å². The third-order valence-corrected chi connectivity index (χ3v) is 10.7. The van der Waals surface area contributed by atoms with E-state index < -0.39 is 17.9 Å². The van der Waals surface area contributed by atoms with Crippen molar-refractivity contribution in [2.75, 3.05) is 5.32 Å². The number of para-hydroxylation sites is 2. The highest BCUT2D eigenvalue weighted by atomic mass is 79.9. The number of amides is 2. The van der Waals surface area contributed by atoms with Gasteiger partial charge in [-0.15, -0.1) is 0 Å². The van der Waals surface area contributed by atoms with Crippen molar-refractivity contribution in [1.29, 1.82) is 0 Å². The Balaban J connectivity index is 1.10. The molecule has 0 aromatic heterocycles. The van der Waals surface area contributed by atoms with Crippen molar-refractivity contribution in [3.63, 3.8) is 0 Å². The van der Waals surface area contributed by atoms with Crippen molar-refractivity contribution in [3.05, 3.63) is 113 Å². The van der Waals surface area contributed by atoms with Crippen LogP contribution in [0.5, 0.6) is 11.5 Å². The van der Waals surface area contributed by atoms with Crippen LogP contribution in [-0.2, 0) is 9.59 Å². The summed E-state index contributed by atoms with van der Waals surface area (Å²) in [5.74, 6) is 1.78. The Morgan fingerprint density at radius 3 is 2.13 bits per heavy atom. The van der Waals surface area contributed by atoms with Crippen molar-refractivity contribution < 1.29 is 24.2 Å². The van der Waals surface area contributed by atoms with Crippen LogP contribution in [0.1, 0.15) is 66.9 Å². The molecule has 0 radical (unpaired) electrons. The zero-order valence-electron chi connectivity index (χ0n) is 26.0. The van der Waals surface area contributed by atoms with E-state index in [1.54, 1.807) is 18.2 Å². The van der Waals surface area contributed by atoms with E-state index in [1.807, 2.05) is 78.9 Å². The van der Waals surface area contributed by atoms with Gasteiger partial charge in [0.05, 0.1) is 29.1 Å². The van der Waals surface area contributed by atoms with Crippen LogP contribution in [-0.4, -0.2) is 22.9 Å². The van der Waals surface area contributed by atoms with Crippen molar-refractivity contribution in [2.24, 2.45) is 23.2 Å². The quantitative estimate of drug-likeness (QED) is 0.154. The minimum Gasteiger partial charge on any atom is -0.481 e. The number of hydrogen-bond acceptors (Lipinski definition) is 4. The first-order valence-electron chi connectivity index (χ1n) is 16.3. The number of anilines is 1. The Bertz CT molecular complexity index is 1770. The molecule has 0 saturated heterocycles. The lowest BCUT2D eigenvalue weighted by molar-refractivity contribution is -0.140. The molecule has 4 aromatic rings.